The van der Waals surface area contributed by atoms with Crippen molar-refractivity contribution in [1.29, 1.82) is 0 Å². The zero-order valence-corrected chi connectivity index (χ0v) is 12.8. The van der Waals surface area contributed by atoms with Gasteiger partial charge in [-0.3, -0.25) is 9.36 Å². The summed E-state index contributed by atoms with van der Waals surface area (Å²) in [6.45, 7) is 2.04. The Morgan fingerprint density at radius 1 is 1.17 bits per heavy atom. The summed E-state index contributed by atoms with van der Waals surface area (Å²) in [5.74, 6) is 0.195. The molecule has 0 saturated carbocycles. The summed E-state index contributed by atoms with van der Waals surface area (Å²) in [5, 5.41) is 10.6. The number of hydrogen-bond acceptors (Lipinski definition) is 4. The standard InChI is InChI=1S/C18H18N2O3/c1-2-23-17(22)12-16(21)20-15-11-7-6-10-14(15)19-18(20)13-8-4-3-5-9-13/h3-11,16,21H,2,12H2,1H3. The van der Waals surface area contributed by atoms with Crippen LogP contribution in [-0.2, 0) is 9.53 Å². The maximum atomic E-state index is 11.7. The van der Waals surface area contributed by atoms with Crippen LogP contribution in [0.5, 0.6) is 0 Å². The molecule has 1 heterocycles. The lowest BCUT2D eigenvalue weighted by atomic mass is 10.2. The topological polar surface area (TPSA) is 64.3 Å². The molecule has 5 nitrogen and oxygen atoms in total. The highest BCUT2D eigenvalue weighted by Gasteiger charge is 2.21. The Hall–Kier alpha value is -2.66. The number of aliphatic hydroxyl groups excluding tert-OH is 1. The zero-order valence-electron chi connectivity index (χ0n) is 12.8. The Kier molecular flexibility index (Phi) is 4.39. The van der Waals surface area contributed by atoms with Crippen molar-refractivity contribution in [3.63, 3.8) is 0 Å². The van der Waals surface area contributed by atoms with Crippen LogP contribution >= 0.6 is 0 Å². The minimum atomic E-state index is -1.03. The van der Waals surface area contributed by atoms with Crippen molar-refractivity contribution >= 4 is 17.0 Å². The molecule has 118 valence electrons. The highest BCUT2D eigenvalue weighted by molar-refractivity contribution is 5.81. The predicted octanol–water partition coefficient (Wildman–Crippen LogP) is 3.15. The lowest BCUT2D eigenvalue weighted by molar-refractivity contribution is -0.146. The van der Waals surface area contributed by atoms with Crippen molar-refractivity contribution in [2.45, 2.75) is 19.6 Å². The fourth-order valence-electron chi connectivity index (χ4n) is 2.60. The predicted molar refractivity (Wildman–Crippen MR) is 87.7 cm³/mol. The van der Waals surface area contributed by atoms with Gasteiger partial charge in [0.15, 0.2) is 0 Å². The van der Waals surface area contributed by atoms with E-state index in [-0.39, 0.29) is 6.42 Å². The van der Waals surface area contributed by atoms with Gasteiger partial charge in [0.1, 0.15) is 12.1 Å². The monoisotopic (exact) mass is 310 g/mol. The average Bonchev–Trinajstić information content (AvgIpc) is 2.95. The molecule has 1 unspecified atom stereocenters. The van der Waals surface area contributed by atoms with Crippen LogP contribution in [0, 0.1) is 0 Å². The smallest absolute Gasteiger partial charge is 0.310 e. The van der Waals surface area contributed by atoms with Crippen molar-refractivity contribution in [1.82, 2.24) is 9.55 Å². The normalized spacial score (nSPS) is 12.3. The average molecular weight is 310 g/mol. The third-order valence-electron chi connectivity index (χ3n) is 3.58. The summed E-state index contributed by atoms with van der Waals surface area (Å²) in [6, 6.07) is 17.1. The molecule has 0 spiro atoms. The molecule has 0 bridgehead atoms. The van der Waals surface area contributed by atoms with Gasteiger partial charge in [0.2, 0.25) is 0 Å². The van der Waals surface area contributed by atoms with Crippen LogP contribution in [0.2, 0.25) is 0 Å². The number of aromatic nitrogens is 2. The third kappa shape index (κ3) is 3.10. The van der Waals surface area contributed by atoms with Gasteiger partial charge in [0.05, 0.1) is 24.1 Å². The van der Waals surface area contributed by atoms with E-state index in [1.165, 1.54) is 0 Å². The van der Waals surface area contributed by atoms with Crippen molar-refractivity contribution in [3.8, 4) is 11.4 Å². The van der Waals surface area contributed by atoms with Crippen LogP contribution in [0.3, 0.4) is 0 Å². The molecule has 0 aliphatic heterocycles. The van der Waals surface area contributed by atoms with Crippen LogP contribution in [0.15, 0.2) is 54.6 Å². The summed E-state index contributed by atoms with van der Waals surface area (Å²) >= 11 is 0. The molecular weight excluding hydrogens is 292 g/mol. The second kappa shape index (κ2) is 6.62. The molecule has 0 saturated heterocycles. The molecule has 0 fully saturated rings. The molecule has 0 aliphatic rings. The summed E-state index contributed by atoms with van der Waals surface area (Å²) in [6.07, 6.45) is -1.15. The lowest BCUT2D eigenvalue weighted by Gasteiger charge is -2.16. The molecule has 0 aliphatic carbocycles. The van der Waals surface area contributed by atoms with Gasteiger partial charge < -0.3 is 9.84 Å². The summed E-state index contributed by atoms with van der Waals surface area (Å²) in [5.41, 5.74) is 2.43. The summed E-state index contributed by atoms with van der Waals surface area (Å²) in [4.78, 5) is 16.3. The number of para-hydroxylation sites is 2. The number of carbonyl (C=O) groups is 1. The van der Waals surface area contributed by atoms with E-state index in [1.807, 2.05) is 54.6 Å². The van der Waals surface area contributed by atoms with Crippen LogP contribution in [0.25, 0.3) is 22.4 Å². The first-order valence-corrected chi connectivity index (χ1v) is 7.56. The molecule has 1 atom stereocenters. The number of benzene rings is 2. The summed E-state index contributed by atoms with van der Waals surface area (Å²) < 4.78 is 6.62. The molecule has 1 aromatic heterocycles. The van der Waals surface area contributed by atoms with Crippen molar-refractivity contribution in [2.75, 3.05) is 6.61 Å². The highest BCUT2D eigenvalue weighted by atomic mass is 16.5. The molecule has 3 rings (SSSR count). The Balaban J connectivity index is 2.08. The van der Waals surface area contributed by atoms with E-state index in [1.54, 1.807) is 11.5 Å². The van der Waals surface area contributed by atoms with Gasteiger partial charge in [0, 0.05) is 5.56 Å². The maximum absolute atomic E-state index is 11.7. The Morgan fingerprint density at radius 3 is 2.61 bits per heavy atom. The van der Waals surface area contributed by atoms with Gasteiger partial charge in [-0.1, -0.05) is 42.5 Å². The molecule has 5 heteroatoms. The van der Waals surface area contributed by atoms with Crippen molar-refractivity contribution in [2.24, 2.45) is 0 Å². The zero-order chi connectivity index (χ0) is 16.2. The molecule has 2 aromatic carbocycles. The van der Waals surface area contributed by atoms with Gasteiger partial charge in [-0.2, -0.15) is 0 Å². The van der Waals surface area contributed by atoms with Gasteiger partial charge in [-0.05, 0) is 19.1 Å². The molecule has 1 N–H and O–H groups in total. The van der Waals surface area contributed by atoms with E-state index in [0.29, 0.717) is 12.4 Å². The fraction of sp³-hybridized carbons (Fsp3) is 0.222. The van der Waals surface area contributed by atoms with E-state index >= 15 is 0 Å². The van der Waals surface area contributed by atoms with E-state index in [2.05, 4.69) is 4.98 Å². The van der Waals surface area contributed by atoms with Crippen LogP contribution in [0.1, 0.15) is 19.6 Å². The van der Waals surface area contributed by atoms with Gasteiger partial charge in [-0.15, -0.1) is 0 Å². The molecular formula is C18H18N2O3. The van der Waals surface area contributed by atoms with E-state index < -0.39 is 12.2 Å². The first-order valence-electron chi connectivity index (χ1n) is 7.56. The number of fused-ring (bicyclic) bond motifs is 1. The Morgan fingerprint density at radius 2 is 1.87 bits per heavy atom. The minimum absolute atomic E-state index is 0.117. The molecule has 0 radical (unpaired) electrons. The minimum Gasteiger partial charge on any atom is -0.466 e. The second-order valence-corrected chi connectivity index (χ2v) is 5.15. The van der Waals surface area contributed by atoms with E-state index in [0.717, 1.165) is 16.6 Å². The number of ether oxygens (including phenoxy) is 1. The SMILES string of the molecule is CCOC(=O)CC(O)n1c(-c2ccccc2)nc2ccccc21. The van der Waals surface area contributed by atoms with Crippen molar-refractivity contribution in [3.05, 3.63) is 54.6 Å². The number of hydrogen-bond donors (Lipinski definition) is 1. The molecule has 0 amide bonds. The first kappa shape index (κ1) is 15.2. The van der Waals surface area contributed by atoms with Crippen LogP contribution in [0.4, 0.5) is 0 Å². The molecule has 23 heavy (non-hydrogen) atoms. The highest BCUT2D eigenvalue weighted by Crippen LogP contribution is 2.28. The number of nitrogens with zero attached hydrogens (tertiary/aromatic N) is 2. The summed E-state index contributed by atoms with van der Waals surface area (Å²) in [7, 11) is 0. The van der Waals surface area contributed by atoms with Crippen molar-refractivity contribution < 1.29 is 14.6 Å². The number of carbonyl (C=O) groups excluding carboxylic acids is 1. The van der Waals surface area contributed by atoms with Crippen LogP contribution < -0.4 is 0 Å². The quantitative estimate of drug-likeness (QED) is 0.735. The van der Waals surface area contributed by atoms with Gasteiger partial charge in [0.25, 0.3) is 0 Å². The number of rotatable bonds is 5. The number of esters is 1. The van der Waals surface area contributed by atoms with E-state index in [9.17, 15) is 9.90 Å². The molecule has 3 aromatic rings. The Labute approximate surface area is 134 Å². The lowest BCUT2D eigenvalue weighted by Crippen LogP contribution is -2.16. The number of aliphatic hydroxyl groups is 1. The second-order valence-electron chi connectivity index (χ2n) is 5.15. The maximum Gasteiger partial charge on any atom is 0.310 e. The van der Waals surface area contributed by atoms with Crippen LogP contribution in [-0.4, -0.2) is 27.2 Å². The first-order chi connectivity index (χ1) is 11.2. The fourth-order valence-corrected chi connectivity index (χ4v) is 2.60. The number of imidazole rings is 1. The third-order valence-corrected chi connectivity index (χ3v) is 3.58. The largest absolute Gasteiger partial charge is 0.466 e. The Bertz CT molecular complexity index is 812. The van der Waals surface area contributed by atoms with Gasteiger partial charge in [-0.25, -0.2) is 4.98 Å². The van der Waals surface area contributed by atoms with Gasteiger partial charge >= 0.3 is 5.97 Å². The van der Waals surface area contributed by atoms with E-state index in [4.69, 9.17) is 4.74 Å².